The van der Waals surface area contributed by atoms with Gasteiger partial charge in [0.15, 0.2) is 0 Å². The third-order valence-corrected chi connectivity index (χ3v) is 2.84. The zero-order chi connectivity index (χ0) is 12.4. The Kier molecular flexibility index (Phi) is 3.23. The lowest BCUT2D eigenvalue weighted by atomic mass is 9.96. The topological polar surface area (TPSA) is 18.5 Å². The molecule has 2 heteroatoms. The fourth-order valence-electron chi connectivity index (χ4n) is 1.90. The molecule has 1 aromatic carbocycles. The van der Waals surface area contributed by atoms with Crippen LogP contribution in [-0.4, -0.2) is 6.61 Å². The standard InChI is InChI=1S/C15H18O2/c1-5-8-16-15-11(3)13-7-6-10(2)9-14(13)12(4)17-15/h6-7,9H,4-5,8H2,1-3H3. The van der Waals surface area contributed by atoms with Crippen LogP contribution in [0.2, 0.25) is 0 Å². The number of hydrogen-bond donors (Lipinski definition) is 0. The van der Waals surface area contributed by atoms with Gasteiger partial charge in [0.2, 0.25) is 0 Å². The van der Waals surface area contributed by atoms with Gasteiger partial charge in [-0.05, 0) is 31.9 Å². The SMILES string of the molecule is C=C1OC(OCCC)=C(C)c2ccc(C)cc21. The van der Waals surface area contributed by atoms with Gasteiger partial charge < -0.3 is 9.47 Å². The second-order valence-electron chi connectivity index (χ2n) is 4.34. The normalized spacial score (nSPS) is 14.4. The number of allylic oxidation sites excluding steroid dienone is 1. The van der Waals surface area contributed by atoms with Crippen LogP contribution in [-0.2, 0) is 9.47 Å². The summed E-state index contributed by atoms with van der Waals surface area (Å²) in [5, 5.41) is 0. The number of rotatable bonds is 3. The Bertz CT molecular complexity index is 484. The number of hydrogen-bond acceptors (Lipinski definition) is 2. The Hall–Kier alpha value is -1.70. The minimum absolute atomic E-state index is 0.591. The van der Waals surface area contributed by atoms with Crippen molar-refractivity contribution in [1.29, 1.82) is 0 Å². The summed E-state index contributed by atoms with van der Waals surface area (Å²) in [6.07, 6.45) is 0.966. The molecule has 0 spiro atoms. The third-order valence-electron chi connectivity index (χ3n) is 2.84. The largest absolute Gasteiger partial charge is 0.465 e. The quantitative estimate of drug-likeness (QED) is 0.778. The molecule has 0 radical (unpaired) electrons. The van der Waals surface area contributed by atoms with Crippen LogP contribution >= 0.6 is 0 Å². The van der Waals surface area contributed by atoms with Crippen molar-refractivity contribution in [2.24, 2.45) is 0 Å². The second kappa shape index (κ2) is 4.66. The molecule has 1 heterocycles. The van der Waals surface area contributed by atoms with Crippen molar-refractivity contribution in [3.8, 4) is 0 Å². The number of ether oxygens (including phenoxy) is 2. The van der Waals surface area contributed by atoms with Crippen molar-refractivity contribution in [3.05, 3.63) is 47.4 Å². The van der Waals surface area contributed by atoms with Crippen LogP contribution in [0.4, 0.5) is 0 Å². The van der Waals surface area contributed by atoms with E-state index in [1.54, 1.807) is 0 Å². The Morgan fingerprint density at radius 1 is 1.24 bits per heavy atom. The average molecular weight is 230 g/mol. The molecule has 17 heavy (non-hydrogen) atoms. The van der Waals surface area contributed by atoms with E-state index in [1.165, 1.54) is 5.56 Å². The van der Waals surface area contributed by atoms with E-state index in [-0.39, 0.29) is 0 Å². The maximum atomic E-state index is 5.65. The summed E-state index contributed by atoms with van der Waals surface area (Å²) >= 11 is 0. The predicted molar refractivity (Wildman–Crippen MR) is 70.1 cm³/mol. The highest BCUT2D eigenvalue weighted by Crippen LogP contribution is 2.35. The first-order valence-corrected chi connectivity index (χ1v) is 5.95. The molecule has 0 atom stereocenters. The Morgan fingerprint density at radius 2 is 2.00 bits per heavy atom. The maximum Gasteiger partial charge on any atom is 0.288 e. The van der Waals surface area contributed by atoms with E-state index in [1.807, 2.05) is 6.92 Å². The van der Waals surface area contributed by atoms with Crippen molar-refractivity contribution in [2.45, 2.75) is 27.2 Å². The van der Waals surface area contributed by atoms with E-state index in [0.29, 0.717) is 18.3 Å². The zero-order valence-electron chi connectivity index (χ0n) is 10.7. The summed E-state index contributed by atoms with van der Waals surface area (Å²) in [4.78, 5) is 0. The van der Waals surface area contributed by atoms with Crippen molar-refractivity contribution in [1.82, 2.24) is 0 Å². The molecule has 0 saturated carbocycles. The number of fused-ring (bicyclic) bond motifs is 1. The van der Waals surface area contributed by atoms with Crippen LogP contribution in [0.25, 0.3) is 11.3 Å². The molecule has 0 aromatic heterocycles. The van der Waals surface area contributed by atoms with Gasteiger partial charge in [-0.2, -0.15) is 0 Å². The zero-order valence-corrected chi connectivity index (χ0v) is 10.7. The molecular weight excluding hydrogens is 212 g/mol. The molecule has 0 saturated heterocycles. The van der Waals surface area contributed by atoms with Crippen molar-refractivity contribution >= 4 is 11.3 Å². The van der Waals surface area contributed by atoms with Crippen molar-refractivity contribution in [3.63, 3.8) is 0 Å². The summed E-state index contributed by atoms with van der Waals surface area (Å²) in [5.74, 6) is 1.26. The van der Waals surface area contributed by atoms with E-state index < -0.39 is 0 Å². The fraction of sp³-hybridized carbons (Fsp3) is 0.333. The first-order chi connectivity index (χ1) is 8.13. The van der Waals surface area contributed by atoms with E-state index >= 15 is 0 Å². The predicted octanol–water partition coefficient (Wildman–Crippen LogP) is 4.11. The monoisotopic (exact) mass is 230 g/mol. The molecule has 0 amide bonds. The summed E-state index contributed by atoms with van der Waals surface area (Å²) in [5.41, 5.74) is 4.46. The second-order valence-corrected chi connectivity index (χ2v) is 4.34. The highest BCUT2D eigenvalue weighted by atomic mass is 16.7. The Labute approximate surface area is 103 Å². The van der Waals surface area contributed by atoms with Gasteiger partial charge in [0, 0.05) is 11.1 Å². The van der Waals surface area contributed by atoms with Gasteiger partial charge in [-0.3, -0.25) is 0 Å². The van der Waals surface area contributed by atoms with Gasteiger partial charge in [-0.25, -0.2) is 0 Å². The van der Waals surface area contributed by atoms with Crippen LogP contribution in [0.1, 0.15) is 37.0 Å². The van der Waals surface area contributed by atoms with Gasteiger partial charge in [0.25, 0.3) is 5.95 Å². The summed E-state index contributed by atoms with van der Waals surface area (Å²) in [7, 11) is 0. The van der Waals surface area contributed by atoms with E-state index in [2.05, 4.69) is 38.6 Å². The first-order valence-electron chi connectivity index (χ1n) is 5.95. The summed E-state index contributed by atoms with van der Waals surface area (Å²) in [6.45, 7) is 10.8. The molecule has 0 N–H and O–H groups in total. The smallest absolute Gasteiger partial charge is 0.288 e. The van der Waals surface area contributed by atoms with Gasteiger partial charge in [-0.15, -0.1) is 0 Å². The highest BCUT2D eigenvalue weighted by Gasteiger charge is 2.21. The molecular formula is C15H18O2. The molecule has 0 unspecified atom stereocenters. The average Bonchev–Trinajstić information content (AvgIpc) is 2.32. The Morgan fingerprint density at radius 3 is 2.71 bits per heavy atom. The van der Waals surface area contributed by atoms with E-state index in [9.17, 15) is 0 Å². The van der Waals surface area contributed by atoms with Crippen molar-refractivity contribution < 1.29 is 9.47 Å². The van der Waals surface area contributed by atoms with Crippen molar-refractivity contribution in [2.75, 3.05) is 6.61 Å². The van der Waals surface area contributed by atoms with Crippen LogP contribution in [0.3, 0.4) is 0 Å². The van der Waals surface area contributed by atoms with Gasteiger partial charge >= 0.3 is 0 Å². The molecule has 1 aliphatic rings. The molecule has 0 aliphatic carbocycles. The molecule has 2 nitrogen and oxygen atoms in total. The molecule has 1 aliphatic heterocycles. The number of aryl methyl sites for hydroxylation is 1. The molecule has 90 valence electrons. The van der Waals surface area contributed by atoms with Crippen LogP contribution in [0, 0.1) is 6.92 Å². The minimum atomic E-state index is 0.591. The van der Waals surface area contributed by atoms with Gasteiger partial charge in [0.1, 0.15) is 5.76 Å². The van der Waals surface area contributed by atoms with Gasteiger partial charge in [0.05, 0.1) is 6.61 Å². The molecule has 2 rings (SSSR count). The number of benzene rings is 1. The molecule has 1 aromatic rings. The van der Waals surface area contributed by atoms with Crippen LogP contribution in [0.15, 0.2) is 30.7 Å². The summed E-state index contributed by atoms with van der Waals surface area (Å²) < 4.78 is 11.2. The fourth-order valence-corrected chi connectivity index (χ4v) is 1.90. The third kappa shape index (κ3) is 2.21. The first kappa shape index (κ1) is 11.8. The van der Waals surface area contributed by atoms with E-state index in [4.69, 9.17) is 9.47 Å². The summed E-state index contributed by atoms with van der Waals surface area (Å²) in [6, 6.07) is 6.29. The minimum Gasteiger partial charge on any atom is -0.465 e. The van der Waals surface area contributed by atoms with E-state index in [0.717, 1.165) is 23.1 Å². The van der Waals surface area contributed by atoms with Crippen LogP contribution < -0.4 is 0 Å². The lowest BCUT2D eigenvalue weighted by molar-refractivity contribution is 0.0926. The van der Waals surface area contributed by atoms with Gasteiger partial charge in [-0.1, -0.05) is 31.2 Å². The molecule has 0 fully saturated rings. The molecule has 0 bridgehead atoms. The lowest BCUT2D eigenvalue weighted by Crippen LogP contribution is -2.08. The maximum absolute atomic E-state index is 5.65. The van der Waals surface area contributed by atoms with Crippen LogP contribution in [0.5, 0.6) is 0 Å². The lowest BCUT2D eigenvalue weighted by Gasteiger charge is -2.23. The Balaban J connectivity index is 2.42. The highest BCUT2D eigenvalue weighted by molar-refractivity contribution is 5.80.